The van der Waals surface area contributed by atoms with Crippen LogP contribution in [-0.4, -0.2) is 13.7 Å². The van der Waals surface area contributed by atoms with Crippen LogP contribution < -0.4 is 10.5 Å². The van der Waals surface area contributed by atoms with Gasteiger partial charge in [0.1, 0.15) is 5.75 Å². The Morgan fingerprint density at radius 3 is 2.69 bits per heavy atom. The van der Waals surface area contributed by atoms with Crippen molar-refractivity contribution in [2.75, 3.05) is 13.7 Å². The Morgan fingerprint density at radius 1 is 1.38 bits per heavy atom. The lowest BCUT2D eigenvalue weighted by Crippen LogP contribution is -2.05. The summed E-state index contributed by atoms with van der Waals surface area (Å²) in [5.41, 5.74) is 8.20. The van der Waals surface area contributed by atoms with Gasteiger partial charge in [0.15, 0.2) is 0 Å². The Bertz CT molecular complexity index is 323. The monoisotopic (exact) mass is 221 g/mol. The number of hydrogen-bond donors (Lipinski definition) is 1. The van der Waals surface area contributed by atoms with Crippen LogP contribution in [0.1, 0.15) is 43.2 Å². The van der Waals surface area contributed by atoms with Crippen molar-refractivity contribution in [3.63, 3.8) is 0 Å². The van der Waals surface area contributed by atoms with Crippen LogP contribution in [0.2, 0.25) is 0 Å². The highest BCUT2D eigenvalue weighted by molar-refractivity contribution is 5.39. The summed E-state index contributed by atoms with van der Waals surface area (Å²) in [6.45, 7) is 5.12. The lowest BCUT2D eigenvalue weighted by atomic mass is 9.90. The van der Waals surface area contributed by atoms with E-state index in [1.807, 2.05) is 0 Å². The predicted octanol–water partition coefficient (Wildman–Crippen LogP) is 3.24. The van der Waals surface area contributed by atoms with Crippen LogP contribution in [0.15, 0.2) is 18.2 Å². The van der Waals surface area contributed by atoms with Crippen molar-refractivity contribution in [2.24, 2.45) is 5.73 Å². The van der Waals surface area contributed by atoms with E-state index in [4.69, 9.17) is 10.5 Å². The van der Waals surface area contributed by atoms with Crippen molar-refractivity contribution < 1.29 is 4.74 Å². The van der Waals surface area contributed by atoms with Gasteiger partial charge in [0.25, 0.3) is 0 Å². The van der Waals surface area contributed by atoms with Gasteiger partial charge in [-0.3, -0.25) is 0 Å². The number of aryl methyl sites for hydroxylation is 1. The second-order valence-electron chi connectivity index (χ2n) is 4.28. The maximum absolute atomic E-state index is 5.58. The average molecular weight is 221 g/mol. The van der Waals surface area contributed by atoms with Gasteiger partial charge in [-0.15, -0.1) is 0 Å². The van der Waals surface area contributed by atoms with E-state index in [0.717, 1.165) is 31.6 Å². The summed E-state index contributed by atoms with van der Waals surface area (Å²) >= 11 is 0. The van der Waals surface area contributed by atoms with Gasteiger partial charge in [0.2, 0.25) is 0 Å². The van der Waals surface area contributed by atoms with Crippen molar-refractivity contribution in [1.82, 2.24) is 0 Å². The summed E-state index contributed by atoms with van der Waals surface area (Å²) in [6, 6.07) is 6.40. The molecule has 0 radical (unpaired) electrons. The molecule has 0 aliphatic rings. The van der Waals surface area contributed by atoms with Gasteiger partial charge < -0.3 is 10.5 Å². The summed E-state index contributed by atoms with van der Waals surface area (Å²) in [4.78, 5) is 0. The largest absolute Gasteiger partial charge is 0.496 e. The fourth-order valence-corrected chi connectivity index (χ4v) is 2.12. The summed E-state index contributed by atoms with van der Waals surface area (Å²) in [5.74, 6) is 1.58. The molecule has 0 amide bonds. The average Bonchev–Trinajstić information content (AvgIpc) is 2.30. The maximum atomic E-state index is 5.58. The van der Waals surface area contributed by atoms with Gasteiger partial charge in [-0.1, -0.05) is 24.6 Å². The van der Waals surface area contributed by atoms with Crippen LogP contribution in [0.4, 0.5) is 0 Å². The Balaban J connectivity index is 2.92. The molecule has 2 nitrogen and oxygen atoms in total. The van der Waals surface area contributed by atoms with Crippen LogP contribution >= 0.6 is 0 Å². The molecule has 16 heavy (non-hydrogen) atoms. The molecule has 2 N–H and O–H groups in total. The lowest BCUT2D eigenvalue weighted by Gasteiger charge is -2.18. The standard InChI is InChI=1S/C14H23NO/c1-4-12(6-5-9-15)13-10-11(2)7-8-14(13)16-3/h7-8,10,12H,4-6,9,15H2,1-3H3. The minimum atomic E-state index is 0.568. The molecular weight excluding hydrogens is 198 g/mol. The molecule has 0 saturated heterocycles. The number of hydrogen-bond acceptors (Lipinski definition) is 2. The van der Waals surface area contributed by atoms with Crippen molar-refractivity contribution >= 4 is 0 Å². The smallest absolute Gasteiger partial charge is 0.122 e. The van der Waals surface area contributed by atoms with Crippen LogP contribution in [0.5, 0.6) is 5.75 Å². The Kier molecular flexibility index (Phi) is 5.33. The molecule has 0 spiro atoms. The molecule has 2 heteroatoms. The normalized spacial score (nSPS) is 12.5. The molecule has 1 aromatic rings. The highest BCUT2D eigenvalue weighted by atomic mass is 16.5. The fraction of sp³-hybridized carbons (Fsp3) is 0.571. The summed E-state index contributed by atoms with van der Waals surface area (Å²) in [7, 11) is 1.74. The van der Waals surface area contributed by atoms with Gasteiger partial charge >= 0.3 is 0 Å². The van der Waals surface area contributed by atoms with E-state index in [0.29, 0.717) is 5.92 Å². The highest BCUT2D eigenvalue weighted by Gasteiger charge is 2.13. The van der Waals surface area contributed by atoms with Crippen molar-refractivity contribution in [1.29, 1.82) is 0 Å². The number of rotatable bonds is 6. The van der Waals surface area contributed by atoms with Gasteiger partial charge in [0.05, 0.1) is 7.11 Å². The molecular formula is C14H23NO. The van der Waals surface area contributed by atoms with E-state index in [9.17, 15) is 0 Å². The first-order valence-electron chi connectivity index (χ1n) is 6.07. The molecule has 0 saturated carbocycles. The second kappa shape index (κ2) is 6.54. The third-order valence-electron chi connectivity index (χ3n) is 3.07. The third kappa shape index (κ3) is 3.24. The van der Waals surface area contributed by atoms with Gasteiger partial charge in [-0.05, 0) is 50.3 Å². The SMILES string of the molecule is CCC(CCCN)c1cc(C)ccc1OC. The molecule has 1 unspecified atom stereocenters. The minimum Gasteiger partial charge on any atom is -0.496 e. The Labute approximate surface area is 98.8 Å². The van der Waals surface area contributed by atoms with Gasteiger partial charge in [0, 0.05) is 0 Å². The molecule has 90 valence electrons. The number of methoxy groups -OCH3 is 1. The van der Waals surface area contributed by atoms with E-state index in [1.165, 1.54) is 11.1 Å². The molecule has 0 aliphatic heterocycles. The number of ether oxygens (including phenoxy) is 1. The Hall–Kier alpha value is -1.02. The van der Waals surface area contributed by atoms with Crippen LogP contribution in [0.3, 0.4) is 0 Å². The molecule has 1 rings (SSSR count). The zero-order valence-corrected chi connectivity index (χ0v) is 10.6. The molecule has 1 atom stereocenters. The van der Waals surface area contributed by atoms with Crippen molar-refractivity contribution in [3.8, 4) is 5.75 Å². The lowest BCUT2D eigenvalue weighted by molar-refractivity contribution is 0.402. The minimum absolute atomic E-state index is 0.568. The fourth-order valence-electron chi connectivity index (χ4n) is 2.12. The van der Waals surface area contributed by atoms with Gasteiger partial charge in [-0.25, -0.2) is 0 Å². The quantitative estimate of drug-likeness (QED) is 0.800. The predicted molar refractivity (Wildman–Crippen MR) is 69.1 cm³/mol. The van der Waals surface area contributed by atoms with E-state index >= 15 is 0 Å². The topological polar surface area (TPSA) is 35.2 Å². The Morgan fingerprint density at radius 2 is 2.12 bits per heavy atom. The summed E-state index contributed by atoms with van der Waals surface area (Å²) in [6.07, 6.45) is 3.36. The van der Waals surface area contributed by atoms with Crippen molar-refractivity contribution in [3.05, 3.63) is 29.3 Å². The van der Waals surface area contributed by atoms with E-state index in [1.54, 1.807) is 7.11 Å². The van der Waals surface area contributed by atoms with Crippen LogP contribution in [-0.2, 0) is 0 Å². The van der Waals surface area contributed by atoms with Crippen molar-refractivity contribution in [2.45, 2.75) is 39.0 Å². The first kappa shape index (κ1) is 13.0. The van der Waals surface area contributed by atoms with E-state index in [-0.39, 0.29) is 0 Å². The number of nitrogens with two attached hydrogens (primary N) is 1. The highest BCUT2D eigenvalue weighted by Crippen LogP contribution is 2.32. The summed E-state index contributed by atoms with van der Waals surface area (Å²) in [5, 5.41) is 0. The zero-order valence-electron chi connectivity index (χ0n) is 10.6. The van der Waals surface area contributed by atoms with E-state index < -0.39 is 0 Å². The molecule has 0 heterocycles. The zero-order chi connectivity index (χ0) is 12.0. The first-order valence-corrected chi connectivity index (χ1v) is 6.07. The molecule has 0 bridgehead atoms. The maximum Gasteiger partial charge on any atom is 0.122 e. The van der Waals surface area contributed by atoms with Gasteiger partial charge in [-0.2, -0.15) is 0 Å². The molecule has 0 fully saturated rings. The first-order chi connectivity index (χ1) is 7.72. The number of benzene rings is 1. The molecule has 0 aliphatic carbocycles. The van der Waals surface area contributed by atoms with Crippen LogP contribution in [0.25, 0.3) is 0 Å². The molecule has 1 aromatic carbocycles. The molecule has 0 aromatic heterocycles. The van der Waals surface area contributed by atoms with E-state index in [2.05, 4.69) is 32.0 Å². The van der Waals surface area contributed by atoms with Crippen LogP contribution in [0, 0.1) is 6.92 Å². The summed E-state index contributed by atoms with van der Waals surface area (Å²) < 4.78 is 5.43. The second-order valence-corrected chi connectivity index (χ2v) is 4.28. The third-order valence-corrected chi connectivity index (χ3v) is 3.07.